The molecule has 3 unspecified atom stereocenters. The van der Waals surface area contributed by atoms with E-state index in [0.29, 0.717) is 23.9 Å². The SMILES string of the molecule is CC/C=C\C/C=C\C/C=C\C/C=C\C/C=C\CC(=O)NC(COP(=O)([O-])OCC[N+](C)(C)C)C(O)CCCCCCCCCCCCCCCCCCCCCCCCCCCCC. The van der Waals surface area contributed by atoms with Crippen molar-refractivity contribution in [1.82, 2.24) is 5.32 Å². The molecule has 8 nitrogen and oxygen atoms in total. The Morgan fingerprint density at radius 1 is 0.547 bits per heavy atom. The molecule has 1 amide bonds. The van der Waals surface area contributed by atoms with Crippen molar-refractivity contribution in [3.8, 4) is 0 Å². The molecule has 9 heteroatoms. The van der Waals surface area contributed by atoms with Gasteiger partial charge in [-0.25, -0.2) is 0 Å². The molecule has 0 bridgehead atoms. The van der Waals surface area contributed by atoms with Gasteiger partial charge in [0.1, 0.15) is 13.2 Å². The first kappa shape index (κ1) is 62.2. The highest BCUT2D eigenvalue weighted by atomic mass is 31.2. The summed E-state index contributed by atoms with van der Waals surface area (Å²) in [5.74, 6) is -0.291. The third-order valence-corrected chi connectivity index (χ3v) is 12.8. The molecule has 0 aliphatic heterocycles. The number of likely N-dealkylation sites (N-methyl/N-ethyl adjacent to an activating group) is 1. The van der Waals surface area contributed by atoms with E-state index in [2.05, 4.69) is 67.8 Å². The molecule has 0 spiro atoms. The van der Waals surface area contributed by atoms with Gasteiger partial charge in [0.15, 0.2) is 0 Å². The molecule has 0 aliphatic rings. The molecule has 0 aromatic heterocycles. The number of hydrogen-bond donors (Lipinski definition) is 2. The van der Waals surface area contributed by atoms with Crippen LogP contribution in [0.3, 0.4) is 0 Å². The van der Waals surface area contributed by atoms with E-state index in [0.717, 1.165) is 44.9 Å². The maximum Gasteiger partial charge on any atom is 0.268 e. The Labute approximate surface area is 396 Å². The largest absolute Gasteiger partial charge is 0.756 e. The van der Waals surface area contributed by atoms with E-state index < -0.39 is 20.0 Å². The van der Waals surface area contributed by atoms with Gasteiger partial charge < -0.3 is 28.8 Å². The summed E-state index contributed by atoms with van der Waals surface area (Å²) in [5, 5.41) is 13.9. The Balaban J connectivity index is 4.22. The van der Waals surface area contributed by atoms with Gasteiger partial charge in [0.2, 0.25) is 5.91 Å². The molecule has 0 rings (SSSR count). The number of aliphatic hydroxyl groups excluding tert-OH is 1. The van der Waals surface area contributed by atoms with Gasteiger partial charge in [-0.2, -0.15) is 0 Å². The van der Waals surface area contributed by atoms with E-state index in [1.54, 1.807) is 6.08 Å². The fourth-order valence-corrected chi connectivity index (χ4v) is 8.36. The van der Waals surface area contributed by atoms with Gasteiger partial charge in [-0.3, -0.25) is 9.36 Å². The highest BCUT2D eigenvalue weighted by Crippen LogP contribution is 2.38. The fourth-order valence-electron chi connectivity index (χ4n) is 7.64. The molecule has 0 fully saturated rings. The van der Waals surface area contributed by atoms with Gasteiger partial charge in [-0.05, 0) is 38.5 Å². The molecule has 0 saturated heterocycles. The summed E-state index contributed by atoms with van der Waals surface area (Å²) in [6, 6.07) is -0.858. The standard InChI is InChI=1S/C55H103N2O6P/c1-6-8-10-12-14-16-18-20-22-23-24-25-26-27-28-29-30-31-32-33-35-36-38-40-42-44-46-48-54(58)53(52-63-64(60,61)62-51-50-57(3,4)5)56-55(59)49-47-45-43-41-39-37-34-21-19-17-15-13-11-9-7-2/h9,11,15,17,21,34,39,41,45,47,53-54,58H,6-8,10,12-14,16,18-20,22-33,35-38,40,42-44,46,48-52H2,1-5H3,(H-,56,59,60,61)/b11-9-,17-15-,34-21-,41-39-,47-45-. The number of aliphatic hydroxyl groups is 1. The molecule has 0 saturated carbocycles. The van der Waals surface area contributed by atoms with Crippen molar-refractivity contribution in [3.63, 3.8) is 0 Å². The zero-order valence-corrected chi connectivity index (χ0v) is 43.4. The topological polar surface area (TPSA) is 108 Å². The van der Waals surface area contributed by atoms with Crippen LogP contribution in [0.4, 0.5) is 0 Å². The molecular formula is C55H103N2O6P. The van der Waals surface area contributed by atoms with Gasteiger partial charge in [-0.1, -0.05) is 248 Å². The zero-order chi connectivity index (χ0) is 47.1. The second-order valence-electron chi connectivity index (χ2n) is 19.2. The van der Waals surface area contributed by atoms with Gasteiger partial charge in [0.05, 0.1) is 39.9 Å². The number of unbranched alkanes of at least 4 members (excludes halogenated alkanes) is 26. The van der Waals surface area contributed by atoms with Crippen LogP contribution in [0.2, 0.25) is 0 Å². The lowest BCUT2D eigenvalue weighted by atomic mass is 10.0. The van der Waals surface area contributed by atoms with Crippen LogP contribution in [0.1, 0.15) is 232 Å². The summed E-state index contributed by atoms with van der Waals surface area (Å²) in [7, 11) is 1.25. The number of phosphoric ester groups is 1. The average molecular weight is 919 g/mol. The lowest BCUT2D eigenvalue weighted by Crippen LogP contribution is -2.46. The van der Waals surface area contributed by atoms with Crippen molar-refractivity contribution in [2.24, 2.45) is 0 Å². The summed E-state index contributed by atoms with van der Waals surface area (Å²) in [5.41, 5.74) is 0. The Hall–Kier alpha value is -1.80. The van der Waals surface area contributed by atoms with Crippen LogP contribution in [-0.2, 0) is 18.4 Å². The minimum atomic E-state index is -4.60. The number of rotatable bonds is 48. The number of nitrogens with one attached hydrogen (secondary N) is 1. The maximum absolute atomic E-state index is 12.9. The molecule has 0 aliphatic carbocycles. The molecule has 3 atom stereocenters. The number of allylic oxidation sites excluding steroid dienone is 9. The highest BCUT2D eigenvalue weighted by molar-refractivity contribution is 7.45. The lowest BCUT2D eigenvalue weighted by Gasteiger charge is -2.30. The third-order valence-electron chi connectivity index (χ3n) is 11.8. The van der Waals surface area contributed by atoms with Gasteiger partial charge in [-0.15, -0.1) is 0 Å². The Bertz CT molecular complexity index is 1230. The average Bonchev–Trinajstić information content (AvgIpc) is 3.25. The van der Waals surface area contributed by atoms with Crippen LogP contribution in [0.25, 0.3) is 0 Å². The summed E-state index contributed by atoms with van der Waals surface area (Å²) >= 11 is 0. The van der Waals surface area contributed by atoms with E-state index in [4.69, 9.17) is 9.05 Å². The lowest BCUT2D eigenvalue weighted by molar-refractivity contribution is -0.870. The molecular weight excluding hydrogens is 816 g/mol. The Kier molecular flexibility index (Phi) is 45.0. The fraction of sp³-hybridized carbons (Fsp3) is 0.800. The maximum atomic E-state index is 12.9. The first-order valence-corrected chi connectivity index (χ1v) is 28.1. The number of nitrogens with zero attached hydrogens (tertiary/aromatic N) is 1. The van der Waals surface area contributed by atoms with E-state index in [9.17, 15) is 19.4 Å². The van der Waals surface area contributed by atoms with Crippen LogP contribution in [-0.4, -0.2) is 68.5 Å². The normalized spacial score (nSPS) is 14.5. The second kappa shape index (κ2) is 46.3. The molecule has 0 aromatic rings. The van der Waals surface area contributed by atoms with Gasteiger partial charge in [0, 0.05) is 6.42 Å². The van der Waals surface area contributed by atoms with Crippen molar-refractivity contribution in [2.45, 2.75) is 244 Å². The predicted molar refractivity (Wildman–Crippen MR) is 274 cm³/mol. The monoisotopic (exact) mass is 919 g/mol. The number of phosphoric acid groups is 1. The van der Waals surface area contributed by atoms with Crippen LogP contribution < -0.4 is 10.2 Å². The van der Waals surface area contributed by atoms with Gasteiger partial charge in [0.25, 0.3) is 7.82 Å². The summed E-state index contributed by atoms with van der Waals surface area (Å²) in [6.07, 6.45) is 61.5. The van der Waals surface area contributed by atoms with Gasteiger partial charge >= 0.3 is 0 Å². The quantitative estimate of drug-likeness (QED) is 0.0272. The third kappa shape index (κ3) is 48.1. The number of carbonyl (C=O) groups excluding carboxylic acids is 1. The summed E-state index contributed by atoms with van der Waals surface area (Å²) < 4.78 is 23.3. The Morgan fingerprint density at radius 3 is 1.25 bits per heavy atom. The minimum Gasteiger partial charge on any atom is -0.756 e. The second-order valence-corrected chi connectivity index (χ2v) is 20.6. The highest BCUT2D eigenvalue weighted by Gasteiger charge is 2.24. The van der Waals surface area contributed by atoms with Crippen molar-refractivity contribution < 1.29 is 32.9 Å². The molecule has 0 aromatic carbocycles. The number of hydrogen-bond acceptors (Lipinski definition) is 6. The van der Waals surface area contributed by atoms with E-state index in [1.165, 1.54) is 154 Å². The van der Waals surface area contributed by atoms with E-state index in [1.807, 2.05) is 27.2 Å². The van der Waals surface area contributed by atoms with E-state index >= 15 is 0 Å². The first-order chi connectivity index (χ1) is 31.0. The molecule has 64 heavy (non-hydrogen) atoms. The zero-order valence-electron chi connectivity index (χ0n) is 42.5. The van der Waals surface area contributed by atoms with Crippen LogP contribution in [0.5, 0.6) is 0 Å². The number of carbonyl (C=O) groups is 1. The summed E-state index contributed by atoms with van der Waals surface area (Å²) in [4.78, 5) is 25.4. The van der Waals surface area contributed by atoms with E-state index in [-0.39, 0.29) is 25.5 Å². The molecule has 2 N–H and O–H groups in total. The van der Waals surface area contributed by atoms with Crippen molar-refractivity contribution in [2.75, 3.05) is 40.9 Å². The van der Waals surface area contributed by atoms with Crippen molar-refractivity contribution >= 4 is 13.7 Å². The predicted octanol–water partition coefficient (Wildman–Crippen LogP) is 15.1. The van der Waals surface area contributed by atoms with Crippen LogP contribution in [0, 0.1) is 0 Å². The number of quaternary nitrogens is 1. The minimum absolute atomic E-state index is 0.00641. The summed E-state index contributed by atoms with van der Waals surface area (Å²) in [6.45, 7) is 4.54. The smallest absolute Gasteiger partial charge is 0.268 e. The van der Waals surface area contributed by atoms with Crippen LogP contribution in [0.15, 0.2) is 60.8 Å². The number of amides is 1. The Morgan fingerprint density at radius 2 is 0.891 bits per heavy atom. The van der Waals surface area contributed by atoms with Crippen LogP contribution >= 0.6 is 7.82 Å². The molecule has 374 valence electrons. The van der Waals surface area contributed by atoms with Crippen molar-refractivity contribution in [1.29, 1.82) is 0 Å². The first-order valence-electron chi connectivity index (χ1n) is 26.6. The molecule has 0 radical (unpaired) electrons. The van der Waals surface area contributed by atoms with Crippen molar-refractivity contribution in [3.05, 3.63) is 60.8 Å². The molecule has 0 heterocycles.